The molecule has 2 heteroatoms. The Bertz CT molecular complexity index is 1110. The van der Waals surface area contributed by atoms with Crippen molar-refractivity contribution in [1.29, 1.82) is 0 Å². The van der Waals surface area contributed by atoms with Gasteiger partial charge in [-0.25, -0.2) is 0 Å². The summed E-state index contributed by atoms with van der Waals surface area (Å²) in [6.45, 7) is 8.73. The molecule has 0 heterocycles. The predicted octanol–water partition coefficient (Wildman–Crippen LogP) is 7.10. The third-order valence-electron chi connectivity index (χ3n) is 6.45. The van der Waals surface area contributed by atoms with Crippen molar-refractivity contribution in [1.82, 2.24) is 0 Å². The summed E-state index contributed by atoms with van der Waals surface area (Å²) in [4.78, 5) is 0. The second kappa shape index (κ2) is 8.27. The van der Waals surface area contributed by atoms with Crippen LogP contribution in [0.4, 0.5) is 0 Å². The molecule has 4 aromatic carbocycles. The van der Waals surface area contributed by atoms with E-state index in [9.17, 15) is 0 Å². The zero-order chi connectivity index (χ0) is 22.1. The summed E-state index contributed by atoms with van der Waals surface area (Å²) in [6, 6.07) is 35.0. The molecule has 31 heavy (non-hydrogen) atoms. The van der Waals surface area contributed by atoms with Crippen molar-refractivity contribution < 1.29 is 0 Å². The Balaban J connectivity index is 2.19. The molecule has 0 bridgehead atoms. The van der Waals surface area contributed by atoms with Crippen molar-refractivity contribution in [3.8, 4) is 0 Å². The molecular weight excluding hydrogens is 415 g/mol. The molecule has 0 saturated heterocycles. The molecule has 0 aromatic heterocycles. The van der Waals surface area contributed by atoms with E-state index in [1.807, 2.05) is 0 Å². The molecule has 0 atom stereocenters. The van der Waals surface area contributed by atoms with Crippen LogP contribution in [0.25, 0.3) is 0 Å². The van der Waals surface area contributed by atoms with Crippen LogP contribution in [0.15, 0.2) is 97.1 Å². The minimum absolute atomic E-state index is 0.786. The number of benzene rings is 4. The van der Waals surface area contributed by atoms with Crippen LogP contribution in [0, 0.1) is 27.7 Å². The summed E-state index contributed by atoms with van der Waals surface area (Å²) in [5.41, 5.74) is 6.27. The number of hydrogen-bond donors (Lipinski definition) is 0. The fourth-order valence-electron chi connectivity index (χ4n) is 4.94. The molecule has 0 N–H and O–H groups in total. The molecule has 4 aromatic rings. The van der Waals surface area contributed by atoms with E-state index in [-0.39, 0.29) is 0 Å². The van der Waals surface area contributed by atoms with Gasteiger partial charge in [0.25, 0.3) is 0 Å². The Hall–Kier alpha value is -2.40. The van der Waals surface area contributed by atoms with Crippen LogP contribution < -0.4 is 15.9 Å². The monoisotopic (exact) mass is 444 g/mol. The molecule has 0 unspecified atom stereocenters. The van der Waals surface area contributed by atoms with E-state index < -0.39 is 5.96 Å². The first-order chi connectivity index (χ1) is 14.8. The number of aryl methyl sites for hydroxylation is 4. The molecule has 0 aliphatic heterocycles. The van der Waals surface area contributed by atoms with Crippen LogP contribution >= 0.6 is 17.2 Å². The van der Waals surface area contributed by atoms with Crippen LogP contribution in [0.1, 0.15) is 27.8 Å². The molecule has 0 nitrogen and oxygen atoms in total. The van der Waals surface area contributed by atoms with Gasteiger partial charge in [0, 0.05) is 0 Å². The van der Waals surface area contributed by atoms with Crippen LogP contribution in [0.5, 0.6) is 0 Å². The van der Waals surface area contributed by atoms with E-state index in [0.29, 0.717) is 0 Å². The number of rotatable bonds is 5. The summed E-state index contributed by atoms with van der Waals surface area (Å²) in [5.74, 6) is -3.37. The van der Waals surface area contributed by atoms with Crippen LogP contribution in [-0.4, -0.2) is 0 Å². The summed E-state index contributed by atoms with van der Waals surface area (Å²) in [6.07, 6.45) is 0.786. The van der Waals surface area contributed by atoms with Gasteiger partial charge < -0.3 is 0 Å². The minimum atomic E-state index is -3.37. The zero-order valence-corrected chi connectivity index (χ0v) is 20.4. The molecule has 158 valence electrons. The van der Waals surface area contributed by atoms with E-state index in [1.165, 1.54) is 43.7 Å². The normalized spacial score (nSPS) is 12.9. The van der Waals surface area contributed by atoms with Crippen LogP contribution in [0.2, 0.25) is 0 Å². The quantitative estimate of drug-likeness (QED) is 0.288. The summed E-state index contributed by atoms with van der Waals surface area (Å²) < 4.78 is 0. The van der Waals surface area contributed by atoms with Crippen molar-refractivity contribution in [3.05, 3.63) is 125 Å². The Morgan fingerprint density at radius 3 is 1.23 bits per heavy atom. The van der Waals surface area contributed by atoms with Gasteiger partial charge in [0.1, 0.15) is 0 Å². The predicted molar refractivity (Wildman–Crippen MR) is 140 cm³/mol. The van der Waals surface area contributed by atoms with Gasteiger partial charge >= 0.3 is 192 Å². The Labute approximate surface area is 191 Å². The standard InChI is InChI=1S/C29H30ClP/c1-22-17-19-26(20-18-22)21-31(30,27-14-8-5-11-23(27)2,28-15-9-6-12-24(28)3)29-16-10-7-13-25(29)4/h5-20H,21H2,1-4H3. The van der Waals surface area contributed by atoms with Gasteiger partial charge in [0.15, 0.2) is 0 Å². The van der Waals surface area contributed by atoms with E-state index in [4.69, 9.17) is 11.2 Å². The molecule has 0 aliphatic rings. The Kier molecular flexibility index (Phi) is 5.82. The SMILES string of the molecule is Cc1ccc(CP(Cl)(c2ccccc2C)(c2ccccc2C)c2ccccc2C)cc1. The topological polar surface area (TPSA) is 0 Å². The van der Waals surface area contributed by atoms with Gasteiger partial charge in [-0.3, -0.25) is 0 Å². The molecule has 0 amide bonds. The number of hydrogen-bond acceptors (Lipinski definition) is 0. The van der Waals surface area contributed by atoms with E-state index >= 15 is 0 Å². The maximum atomic E-state index is 8.39. The van der Waals surface area contributed by atoms with E-state index in [0.717, 1.165) is 6.16 Å². The van der Waals surface area contributed by atoms with Crippen LogP contribution in [-0.2, 0) is 6.16 Å². The molecule has 0 radical (unpaired) electrons. The van der Waals surface area contributed by atoms with Crippen LogP contribution in [0.3, 0.4) is 0 Å². The van der Waals surface area contributed by atoms with Gasteiger partial charge in [0.2, 0.25) is 0 Å². The third kappa shape index (κ3) is 3.63. The summed E-state index contributed by atoms with van der Waals surface area (Å²) in [5, 5.41) is 3.79. The molecule has 0 spiro atoms. The van der Waals surface area contributed by atoms with Crippen molar-refractivity contribution in [2.45, 2.75) is 33.9 Å². The second-order valence-electron chi connectivity index (χ2n) is 8.69. The van der Waals surface area contributed by atoms with Crippen molar-refractivity contribution in [2.24, 2.45) is 0 Å². The first-order valence-corrected chi connectivity index (χ1v) is 14.1. The van der Waals surface area contributed by atoms with Crippen molar-refractivity contribution in [2.75, 3.05) is 0 Å². The fraction of sp³-hybridized carbons (Fsp3) is 0.172. The summed E-state index contributed by atoms with van der Waals surface area (Å²) in [7, 11) is 0. The first-order valence-electron chi connectivity index (χ1n) is 10.8. The first kappa shape index (κ1) is 21.8. The summed E-state index contributed by atoms with van der Waals surface area (Å²) >= 11 is 8.39. The van der Waals surface area contributed by atoms with Gasteiger partial charge in [0.05, 0.1) is 0 Å². The zero-order valence-electron chi connectivity index (χ0n) is 18.8. The second-order valence-corrected chi connectivity index (χ2v) is 15.1. The third-order valence-corrected chi connectivity index (χ3v) is 13.9. The van der Waals surface area contributed by atoms with Crippen molar-refractivity contribution >= 4 is 33.1 Å². The Morgan fingerprint density at radius 1 is 0.516 bits per heavy atom. The molecule has 0 aliphatic carbocycles. The number of halogens is 1. The van der Waals surface area contributed by atoms with Crippen molar-refractivity contribution in [3.63, 3.8) is 0 Å². The van der Waals surface area contributed by atoms with Gasteiger partial charge in [-0.05, 0) is 0 Å². The van der Waals surface area contributed by atoms with Gasteiger partial charge in [-0.2, -0.15) is 0 Å². The fourth-order valence-corrected chi connectivity index (χ4v) is 12.9. The molecular formula is C29H30ClP. The van der Waals surface area contributed by atoms with E-state index in [1.54, 1.807) is 0 Å². The molecule has 0 saturated carbocycles. The average Bonchev–Trinajstić information content (AvgIpc) is 2.76. The van der Waals surface area contributed by atoms with Gasteiger partial charge in [-0.15, -0.1) is 0 Å². The maximum absolute atomic E-state index is 8.39. The molecule has 4 rings (SSSR count). The van der Waals surface area contributed by atoms with Gasteiger partial charge in [-0.1, -0.05) is 0 Å². The average molecular weight is 445 g/mol. The Morgan fingerprint density at radius 2 is 0.871 bits per heavy atom. The molecule has 0 fully saturated rings. The van der Waals surface area contributed by atoms with E-state index in [2.05, 4.69) is 125 Å².